The zero-order valence-corrected chi connectivity index (χ0v) is 15.3. The molecule has 0 unspecified atom stereocenters. The van der Waals surface area contributed by atoms with E-state index >= 15 is 0 Å². The average Bonchev–Trinajstić information content (AvgIpc) is 2.54. The van der Waals surface area contributed by atoms with Crippen LogP contribution in [-0.4, -0.2) is 19.0 Å². The summed E-state index contributed by atoms with van der Waals surface area (Å²) in [5.74, 6) is -1.34. The van der Waals surface area contributed by atoms with Crippen LogP contribution in [0.2, 0.25) is 0 Å². The summed E-state index contributed by atoms with van der Waals surface area (Å²) in [5.41, 5.74) is 1.09. The maximum Gasteiger partial charge on any atom is 0.336 e. The van der Waals surface area contributed by atoms with Gasteiger partial charge in [0.05, 0.1) is 7.11 Å². The van der Waals surface area contributed by atoms with Crippen LogP contribution in [0.25, 0.3) is 11.0 Å². The van der Waals surface area contributed by atoms with E-state index in [-0.39, 0.29) is 22.8 Å². The fourth-order valence-corrected chi connectivity index (χ4v) is 2.49. The van der Waals surface area contributed by atoms with E-state index < -0.39 is 17.6 Å². The van der Waals surface area contributed by atoms with Gasteiger partial charge in [0.1, 0.15) is 0 Å². The van der Waals surface area contributed by atoms with Crippen molar-refractivity contribution < 1.29 is 28.2 Å². The second kappa shape index (κ2) is 7.86. The van der Waals surface area contributed by atoms with E-state index in [0.717, 1.165) is 5.57 Å². The predicted octanol–water partition coefficient (Wildman–Crippen LogP) is 3.16. The lowest BCUT2D eigenvalue weighted by Crippen LogP contribution is -2.11. The second-order valence-electron chi connectivity index (χ2n) is 5.84. The minimum absolute atomic E-state index is 0.0157. The van der Waals surface area contributed by atoms with E-state index in [2.05, 4.69) is 0 Å². The molecule has 1 aromatic carbocycles. The molecule has 0 aliphatic rings. The minimum Gasteiger partial charge on any atom is -0.492 e. The van der Waals surface area contributed by atoms with Gasteiger partial charge in [-0.25, -0.2) is 4.79 Å². The lowest BCUT2D eigenvalue weighted by Gasteiger charge is -2.18. The Labute approximate surface area is 150 Å². The number of hydrogen-bond donors (Lipinski definition) is 0. The third kappa shape index (κ3) is 4.11. The standard InChI is InChI=1S/C19H20O7/c1-10(2)6-7-13-14-8-9-15(22)26-17(14)19(25-12(4)21)18(16(13)23-5)24-11(3)20/h6,8-9H,7H2,1-5H3. The first-order chi connectivity index (χ1) is 12.2. The number of esters is 2. The SMILES string of the molecule is COc1c(OC(C)=O)c(OC(C)=O)c2oc(=O)ccc2c1CC=C(C)C. The molecule has 0 aliphatic carbocycles. The van der Waals surface area contributed by atoms with E-state index in [9.17, 15) is 14.4 Å². The molecule has 1 heterocycles. The Kier molecular flexibility index (Phi) is 5.82. The molecular weight excluding hydrogens is 340 g/mol. The van der Waals surface area contributed by atoms with Crippen LogP contribution in [-0.2, 0) is 16.0 Å². The summed E-state index contributed by atoms with van der Waals surface area (Å²) in [5, 5.41) is 0.520. The van der Waals surface area contributed by atoms with Gasteiger partial charge in [-0.3, -0.25) is 9.59 Å². The highest BCUT2D eigenvalue weighted by atomic mass is 16.6. The van der Waals surface area contributed by atoms with E-state index in [1.54, 1.807) is 6.07 Å². The van der Waals surface area contributed by atoms with Crippen LogP contribution in [0, 0.1) is 0 Å². The Balaban J connectivity index is 2.96. The van der Waals surface area contributed by atoms with E-state index in [4.69, 9.17) is 18.6 Å². The third-order valence-corrected chi connectivity index (χ3v) is 3.46. The highest BCUT2D eigenvalue weighted by molar-refractivity contribution is 5.94. The van der Waals surface area contributed by atoms with Gasteiger partial charge in [0.15, 0.2) is 11.3 Å². The molecule has 0 saturated carbocycles. The molecule has 0 bridgehead atoms. The number of carbonyl (C=O) groups excluding carboxylic acids is 2. The Morgan fingerprint density at radius 3 is 2.15 bits per heavy atom. The third-order valence-electron chi connectivity index (χ3n) is 3.46. The van der Waals surface area contributed by atoms with Crippen LogP contribution < -0.4 is 19.8 Å². The van der Waals surface area contributed by atoms with Gasteiger partial charge >= 0.3 is 17.6 Å². The van der Waals surface area contributed by atoms with Crippen LogP contribution in [0.3, 0.4) is 0 Å². The first kappa shape index (κ1) is 19.2. The molecule has 138 valence electrons. The summed E-state index contributed by atoms with van der Waals surface area (Å²) in [6.07, 6.45) is 2.38. The number of hydrogen-bond acceptors (Lipinski definition) is 7. The fraction of sp³-hybridized carbons (Fsp3) is 0.316. The molecule has 26 heavy (non-hydrogen) atoms. The zero-order valence-electron chi connectivity index (χ0n) is 15.3. The monoisotopic (exact) mass is 360 g/mol. The molecule has 0 radical (unpaired) electrons. The second-order valence-corrected chi connectivity index (χ2v) is 5.84. The van der Waals surface area contributed by atoms with Crippen molar-refractivity contribution in [3.05, 3.63) is 39.8 Å². The minimum atomic E-state index is -0.662. The van der Waals surface area contributed by atoms with Crippen LogP contribution in [0.4, 0.5) is 0 Å². The van der Waals surface area contributed by atoms with Crippen LogP contribution in [0.1, 0.15) is 33.3 Å². The molecular formula is C19H20O7. The molecule has 0 saturated heterocycles. The van der Waals surface area contributed by atoms with Crippen molar-refractivity contribution in [1.82, 2.24) is 0 Å². The number of fused-ring (bicyclic) bond motifs is 1. The van der Waals surface area contributed by atoms with Crippen molar-refractivity contribution in [2.75, 3.05) is 7.11 Å². The highest BCUT2D eigenvalue weighted by Gasteiger charge is 2.26. The largest absolute Gasteiger partial charge is 0.492 e. The maximum atomic E-state index is 11.7. The van der Waals surface area contributed by atoms with Gasteiger partial charge < -0.3 is 18.6 Å². The topological polar surface area (TPSA) is 92.0 Å². The molecule has 0 amide bonds. The van der Waals surface area contributed by atoms with Crippen LogP contribution in [0.5, 0.6) is 17.2 Å². The Morgan fingerprint density at radius 1 is 1.00 bits per heavy atom. The smallest absolute Gasteiger partial charge is 0.336 e. The summed E-state index contributed by atoms with van der Waals surface area (Å²) >= 11 is 0. The molecule has 7 heteroatoms. The van der Waals surface area contributed by atoms with Crippen molar-refractivity contribution in [2.45, 2.75) is 34.1 Å². The molecule has 2 rings (SSSR count). The van der Waals surface area contributed by atoms with E-state index in [0.29, 0.717) is 17.4 Å². The highest BCUT2D eigenvalue weighted by Crippen LogP contribution is 2.47. The normalized spacial score (nSPS) is 10.3. The van der Waals surface area contributed by atoms with E-state index in [1.807, 2.05) is 19.9 Å². The predicted molar refractivity (Wildman–Crippen MR) is 94.8 cm³/mol. The number of carbonyl (C=O) groups is 2. The van der Waals surface area contributed by atoms with Gasteiger partial charge in [-0.1, -0.05) is 11.6 Å². The number of ether oxygens (including phenoxy) is 3. The summed E-state index contributed by atoms with van der Waals surface area (Å²) < 4.78 is 21.1. The first-order valence-electron chi connectivity index (χ1n) is 7.91. The van der Waals surface area contributed by atoms with Crippen molar-refractivity contribution in [1.29, 1.82) is 0 Å². The molecule has 1 aromatic heterocycles. The van der Waals surface area contributed by atoms with Crippen LogP contribution in [0.15, 0.2) is 33.0 Å². The quantitative estimate of drug-likeness (QED) is 0.350. The van der Waals surface area contributed by atoms with Gasteiger partial charge in [0.25, 0.3) is 0 Å². The van der Waals surface area contributed by atoms with Crippen LogP contribution >= 0.6 is 0 Å². The molecule has 7 nitrogen and oxygen atoms in total. The summed E-state index contributed by atoms with van der Waals surface area (Å²) in [6, 6.07) is 2.82. The summed E-state index contributed by atoms with van der Waals surface area (Å²) in [4.78, 5) is 34.9. The molecule has 0 N–H and O–H groups in total. The zero-order chi connectivity index (χ0) is 19.4. The van der Waals surface area contributed by atoms with Gasteiger partial charge in [0, 0.05) is 30.9 Å². The number of benzene rings is 1. The van der Waals surface area contributed by atoms with E-state index in [1.165, 1.54) is 27.0 Å². The summed E-state index contributed by atoms with van der Waals surface area (Å²) in [7, 11) is 1.41. The molecule has 0 atom stereocenters. The molecule has 0 spiro atoms. The number of rotatable bonds is 5. The fourth-order valence-electron chi connectivity index (χ4n) is 2.49. The van der Waals surface area contributed by atoms with Gasteiger partial charge in [0.2, 0.25) is 11.5 Å². The van der Waals surface area contributed by atoms with Gasteiger partial charge in [-0.2, -0.15) is 0 Å². The van der Waals surface area contributed by atoms with Crippen molar-refractivity contribution in [3.63, 3.8) is 0 Å². The van der Waals surface area contributed by atoms with Gasteiger partial charge in [-0.05, 0) is 26.3 Å². The number of allylic oxidation sites excluding steroid dienone is 2. The summed E-state index contributed by atoms with van der Waals surface area (Å²) in [6.45, 7) is 6.27. The molecule has 0 aliphatic heterocycles. The van der Waals surface area contributed by atoms with Crippen molar-refractivity contribution in [3.8, 4) is 17.2 Å². The lowest BCUT2D eigenvalue weighted by molar-refractivity contribution is -0.134. The lowest BCUT2D eigenvalue weighted by atomic mass is 10.0. The number of methoxy groups -OCH3 is 1. The van der Waals surface area contributed by atoms with Crippen molar-refractivity contribution in [2.24, 2.45) is 0 Å². The first-order valence-corrected chi connectivity index (χ1v) is 7.91. The maximum absolute atomic E-state index is 11.7. The average molecular weight is 360 g/mol. The Morgan fingerprint density at radius 2 is 1.62 bits per heavy atom. The van der Waals surface area contributed by atoms with Crippen molar-refractivity contribution >= 4 is 22.9 Å². The Bertz CT molecular complexity index is 946. The Hall–Kier alpha value is -3.09. The molecule has 0 fully saturated rings. The van der Waals surface area contributed by atoms with Gasteiger partial charge in [-0.15, -0.1) is 0 Å². The molecule has 2 aromatic rings.